The first-order valence-corrected chi connectivity index (χ1v) is 4.85. The summed E-state index contributed by atoms with van der Waals surface area (Å²) in [6.45, 7) is -0.271. The van der Waals surface area contributed by atoms with E-state index in [9.17, 15) is 14.7 Å². The van der Waals surface area contributed by atoms with Gasteiger partial charge in [-0.2, -0.15) is 0 Å². The maximum atomic E-state index is 11.3. The average Bonchev–Trinajstić information content (AvgIpc) is 2.60. The number of ether oxygens (including phenoxy) is 1. The number of allylic oxidation sites excluding steroid dienone is 1. The Labute approximate surface area is 92.2 Å². The van der Waals surface area contributed by atoms with E-state index in [0.717, 1.165) is 5.56 Å². The van der Waals surface area contributed by atoms with Crippen LogP contribution >= 0.6 is 0 Å². The molecule has 1 aliphatic heterocycles. The van der Waals surface area contributed by atoms with Gasteiger partial charge in [0.15, 0.2) is 6.61 Å². The Bertz CT molecular complexity index is 441. The zero-order valence-electron chi connectivity index (χ0n) is 8.47. The first-order valence-electron chi connectivity index (χ1n) is 4.85. The van der Waals surface area contributed by atoms with Crippen molar-refractivity contribution in [1.82, 2.24) is 0 Å². The van der Waals surface area contributed by atoms with Crippen molar-refractivity contribution >= 4 is 11.8 Å². The van der Waals surface area contributed by atoms with E-state index in [4.69, 9.17) is 0 Å². The number of esters is 1. The highest BCUT2D eigenvalue weighted by Crippen LogP contribution is 2.16. The van der Waals surface area contributed by atoms with Crippen LogP contribution in [-0.2, 0) is 20.7 Å². The zero-order chi connectivity index (χ0) is 11.5. The molecule has 0 unspecified atom stereocenters. The number of aliphatic hydroxyl groups is 1. The summed E-state index contributed by atoms with van der Waals surface area (Å²) in [4.78, 5) is 22.4. The fourth-order valence-corrected chi connectivity index (χ4v) is 1.55. The largest absolute Gasteiger partial charge is 0.511 e. The van der Waals surface area contributed by atoms with Crippen LogP contribution in [0.2, 0.25) is 0 Å². The van der Waals surface area contributed by atoms with Gasteiger partial charge in [-0.05, 0) is 5.56 Å². The molecule has 1 heterocycles. The van der Waals surface area contributed by atoms with Crippen LogP contribution in [0, 0.1) is 0 Å². The SMILES string of the molecule is O=C1COC(=O)/C1=C(/O)Cc1ccccc1. The summed E-state index contributed by atoms with van der Waals surface area (Å²) in [6.07, 6.45) is 0.164. The zero-order valence-corrected chi connectivity index (χ0v) is 8.47. The molecule has 1 aliphatic rings. The van der Waals surface area contributed by atoms with E-state index in [1.54, 1.807) is 0 Å². The lowest BCUT2D eigenvalue weighted by molar-refractivity contribution is -0.135. The van der Waals surface area contributed by atoms with Crippen molar-refractivity contribution < 1.29 is 19.4 Å². The van der Waals surface area contributed by atoms with Gasteiger partial charge in [0.25, 0.3) is 0 Å². The van der Waals surface area contributed by atoms with E-state index >= 15 is 0 Å². The highest BCUT2D eigenvalue weighted by atomic mass is 16.5. The second-order valence-electron chi connectivity index (χ2n) is 3.48. The van der Waals surface area contributed by atoms with Crippen LogP contribution in [-0.4, -0.2) is 23.5 Å². The minimum Gasteiger partial charge on any atom is -0.511 e. The molecule has 0 amide bonds. The first-order chi connectivity index (χ1) is 7.68. The molecule has 0 saturated carbocycles. The van der Waals surface area contributed by atoms with Gasteiger partial charge in [-0.15, -0.1) is 0 Å². The van der Waals surface area contributed by atoms with Crippen molar-refractivity contribution in [3.63, 3.8) is 0 Å². The molecule has 1 N–H and O–H groups in total. The molecule has 0 atom stereocenters. The van der Waals surface area contributed by atoms with Crippen LogP contribution in [0.3, 0.4) is 0 Å². The Kier molecular flexibility index (Phi) is 2.72. The molecule has 4 nitrogen and oxygen atoms in total. The third-order valence-electron chi connectivity index (χ3n) is 2.32. The quantitative estimate of drug-likeness (QED) is 0.350. The number of Topliss-reactive ketones (excluding diaryl/α,β-unsaturated/α-hetero) is 1. The molecule has 0 bridgehead atoms. The van der Waals surface area contributed by atoms with Crippen LogP contribution in [0.1, 0.15) is 5.56 Å². The predicted octanol–water partition coefficient (Wildman–Crippen LogP) is 1.17. The summed E-state index contributed by atoms with van der Waals surface area (Å²) < 4.78 is 4.53. The van der Waals surface area contributed by atoms with Crippen molar-refractivity contribution in [2.45, 2.75) is 6.42 Å². The fraction of sp³-hybridized carbons (Fsp3) is 0.167. The van der Waals surface area contributed by atoms with Gasteiger partial charge in [-0.1, -0.05) is 30.3 Å². The predicted molar refractivity (Wildman–Crippen MR) is 55.8 cm³/mol. The molecule has 82 valence electrons. The summed E-state index contributed by atoms with van der Waals surface area (Å²) in [5.74, 6) is -1.42. The highest BCUT2D eigenvalue weighted by molar-refractivity contribution is 6.22. The molecule has 1 fully saturated rings. The Balaban J connectivity index is 2.25. The number of ketones is 1. The molecule has 0 aliphatic carbocycles. The average molecular weight is 218 g/mol. The maximum Gasteiger partial charge on any atom is 0.345 e. The van der Waals surface area contributed by atoms with E-state index in [1.807, 2.05) is 30.3 Å². The number of aliphatic hydroxyl groups excluding tert-OH is 1. The molecule has 1 aromatic carbocycles. The lowest BCUT2D eigenvalue weighted by Gasteiger charge is -2.01. The number of benzene rings is 1. The summed E-state index contributed by atoms with van der Waals surface area (Å²) in [7, 11) is 0. The molecule has 4 heteroatoms. The molecule has 1 aromatic rings. The van der Waals surface area contributed by atoms with E-state index in [0.29, 0.717) is 0 Å². The van der Waals surface area contributed by atoms with Crippen LogP contribution in [0.5, 0.6) is 0 Å². The highest BCUT2D eigenvalue weighted by Gasteiger charge is 2.31. The summed E-state index contributed by atoms with van der Waals surface area (Å²) >= 11 is 0. The Morgan fingerprint density at radius 1 is 1.25 bits per heavy atom. The maximum absolute atomic E-state index is 11.3. The minimum absolute atomic E-state index is 0.164. The van der Waals surface area contributed by atoms with Crippen molar-refractivity contribution in [3.05, 3.63) is 47.2 Å². The smallest absolute Gasteiger partial charge is 0.345 e. The van der Waals surface area contributed by atoms with Gasteiger partial charge in [0, 0.05) is 6.42 Å². The van der Waals surface area contributed by atoms with Gasteiger partial charge in [0.2, 0.25) is 5.78 Å². The van der Waals surface area contributed by atoms with Gasteiger partial charge < -0.3 is 9.84 Å². The summed E-state index contributed by atoms with van der Waals surface area (Å²) in [5, 5.41) is 9.70. The standard InChI is InChI=1S/C12H10O4/c13-9(6-8-4-2-1-3-5-8)11-10(14)7-16-12(11)15/h1-5,13H,6-7H2/b11-9+. The number of cyclic esters (lactones) is 1. The molecule has 0 spiro atoms. The van der Waals surface area contributed by atoms with Crippen molar-refractivity contribution in [2.75, 3.05) is 6.61 Å². The monoisotopic (exact) mass is 218 g/mol. The van der Waals surface area contributed by atoms with Crippen LogP contribution in [0.4, 0.5) is 0 Å². The van der Waals surface area contributed by atoms with E-state index in [1.165, 1.54) is 0 Å². The Hall–Kier alpha value is -2.10. The van der Waals surface area contributed by atoms with E-state index in [2.05, 4.69) is 4.74 Å². The fourth-order valence-electron chi connectivity index (χ4n) is 1.55. The number of hydrogen-bond acceptors (Lipinski definition) is 4. The molecular weight excluding hydrogens is 208 g/mol. The summed E-state index contributed by atoms with van der Waals surface area (Å²) in [5.41, 5.74) is 0.615. The van der Waals surface area contributed by atoms with Gasteiger partial charge >= 0.3 is 5.97 Å². The molecular formula is C12H10O4. The van der Waals surface area contributed by atoms with Gasteiger partial charge in [-0.25, -0.2) is 4.79 Å². The Morgan fingerprint density at radius 3 is 2.50 bits per heavy atom. The minimum atomic E-state index is -0.738. The normalized spacial score (nSPS) is 18.5. The van der Waals surface area contributed by atoms with Crippen LogP contribution in [0.25, 0.3) is 0 Å². The summed E-state index contributed by atoms with van der Waals surface area (Å²) in [6, 6.07) is 9.11. The molecule has 0 aromatic heterocycles. The molecule has 1 saturated heterocycles. The van der Waals surface area contributed by atoms with Gasteiger partial charge in [0.05, 0.1) is 0 Å². The topological polar surface area (TPSA) is 63.6 Å². The van der Waals surface area contributed by atoms with Crippen molar-refractivity contribution in [1.29, 1.82) is 0 Å². The van der Waals surface area contributed by atoms with Gasteiger partial charge in [-0.3, -0.25) is 4.79 Å². The van der Waals surface area contributed by atoms with Crippen LogP contribution in [0.15, 0.2) is 41.7 Å². The number of hydrogen-bond donors (Lipinski definition) is 1. The molecule has 0 radical (unpaired) electrons. The van der Waals surface area contributed by atoms with E-state index in [-0.39, 0.29) is 24.4 Å². The van der Waals surface area contributed by atoms with Gasteiger partial charge in [0.1, 0.15) is 11.3 Å². The van der Waals surface area contributed by atoms with E-state index < -0.39 is 11.8 Å². The Morgan fingerprint density at radius 2 is 1.94 bits per heavy atom. The lowest BCUT2D eigenvalue weighted by Crippen LogP contribution is -2.07. The molecule has 16 heavy (non-hydrogen) atoms. The van der Waals surface area contributed by atoms with Crippen LogP contribution < -0.4 is 0 Å². The number of rotatable bonds is 2. The number of carbonyl (C=O) groups excluding carboxylic acids is 2. The van der Waals surface area contributed by atoms with Crippen molar-refractivity contribution in [3.8, 4) is 0 Å². The second-order valence-corrected chi connectivity index (χ2v) is 3.48. The second kappa shape index (κ2) is 4.18. The first kappa shape index (κ1) is 10.4. The van der Waals surface area contributed by atoms with Crippen molar-refractivity contribution in [2.24, 2.45) is 0 Å². The third kappa shape index (κ3) is 1.95. The third-order valence-corrected chi connectivity index (χ3v) is 2.32. The lowest BCUT2D eigenvalue weighted by atomic mass is 10.1. The number of carbonyl (C=O) groups is 2. The molecule has 2 rings (SSSR count).